The van der Waals surface area contributed by atoms with Crippen LogP contribution < -0.4 is 0 Å². The number of H-pyrrole nitrogens is 1. The summed E-state index contributed by atoms with van der Waals surface area (Å²) in [6.07, 6.45) is 1.20. The zero-order valence-corrected chi connectivity index (χ0v) is 9.09. The van der Waals surface area contributed by atoms with E-state index >= 15 is 0 Å². The molecule has 1 amide bonds. The third-order valence-electron chi connectivity index (χ3n) is 2.84. The van der Waals surface area contributed by atoms with Crippen LogP contribution in [0.3, 0.4) is 0 Å². The Labute approximate surface area is 97.6 Å². The van der Waals surface area contributed by atoms with E-state index in [9.17, 15) is 9.90 Å². The zero-order chi connectivity index (χ0) is 11.8. The van der Waals surface area contributed by atoms with E-state index in [-0.39, 0.29) is 19.1 Å². The highest BCUT2D eigenvalue weighted by Gasteiger charge is 2.28. The predicted molar refractivity (Wildman–Crippen MR) is 61.3 cm³/mol. The number of benzene rings is 1. The predicted octanol–water partition coefficient (Wildman–Crippen LogP) is 0.916. The maximum Gasteiger partial charge on any atom is 0.279 e. The molecule has 1 atom stereocenters. The molecule has 1 aromatic heterocycles. The summed E-state index contributed by atoms with van der Waals surface area (Å²) in [7, 11) is 0. The normalized spacial score (nSPS) is 20.1. The SMILES string of the molecule is O=C(c1cccc2cc[nH]c12)N1CC(O)CO1. The highest BCUT2D eigenvalue weighted by molar-refractivity contribution is 6.05. The summed E-state index contributed by atoms with van der Waals surface area (Å²) in [4.78, 5) is 20.3. The molecule has 5 nitrogen and oxygen atoms in total. The summed E-state index contributed by atoms with van der Waals surface area (Å²) in [5, 5.41) is 11.5. The quantitative estimate of drug-likeness (QED) is 0.768. The van der Waals surface area contributed by atoms with Gasteiger partial charge in [0.25, 0.3) is 5.91 Å². The maximum atomic E-state index is 12.2. The van der Waals surface area contributed by atoms with Crippen LogP contribution in [0.4, 0.5) is 0 Å². The van der Waals surface area contributed by atoms with Gasteiger partial charge >= 0.3 is 0 Å². The molecule has 0 saturated carbocycles. The van der Waals surface area contributed by atoms with Gasteiger partial charge in [-0.2, -0.15) is 0 Å². The Hall–Kier alpha value is -1.85. The number of hydroxylamine groups is 2. The fourth-order valence-corrected chi connectivity index (χ4v) is 2.01. The van der Waals surface area contributed by atoms with Crippen molar-refractivity contribution in [2.75, 3.05) is 13.2 Å². The van der Waals surface area contributed by atoms with Crippen molar-refractivity contribution in [1.82, 2.24) is 10.0 Å². The van der Waals surface area contributed by atoms with E-state index in [1.165, 1.54) is 5.06 Å². The van der Waals surface area contributed by atoms with Crippen molar-refractivity contribution in [2.45, 2.75) is 6.10 Å². The van der Waals surface area contributed by atoms with Crippen molar-refractivity contribution < 1.29 is 14.7 Å². The number of rotatable bonds is 1. The van der Waals surface area contributed by atoms with Crippen LogP contribution in [-0.4, -0.2) is 40.3 Å². The first-order valence-corrected chi connectivity index (χ1v) is 5.44. The molecule has 1 saturated heterocycles. The number of aromatic amines is 1. The Morgan fingerprint density at radius 3 is 3.12 bits per heavy atom. The zero-order valence-electron chi connectivity index (χ0n) is 9.09. The molecule has 2 aromatic rings. The molecule has 0 spiro atoms. The standard InChI is InChI=1S/C12H12N2O3/c15-9-6-14(17-7-9)12(16)10-3-1-2-8-4-5-13-11(8)10/h1-5,9,13,15H,6-7H2. The Morgan fingerprint density at radius 2 is 2.35 bits per heavy atom. The number of carbonyl (C=O) groups is 1. The van der Waals surface area contributed by atoms with E-state index in [0.29, 0.717) is 5.56 Å². The number of aliphatic hydroxyl groups is 1. The molecule has 1 unspecified atom stereocenters. The molecule has 0 aliphatic carbocycles. The van der Waals surface area contributed by atoms with E-state index in [4.69, 9.17) is 4.84 Å². The molecule has 3 rings (SSSR count). The van der Waals surface area contributed by atoms with Crippen LogP contribution in [-0.2, 0) is 4.84 Å². The van der Waals surface area contributed by atoms with Gasteiger partial charge in [-0.1, -0.05) is 12.1 Å². The van der Waals surface area contributed by atoms with Gasteiger partial charge in [-0.3, -0.25) is 9.63 Å². The van der Waals surface area contributed by atoms with Crippen LogP contribution in [0, 0.1) is 0 Å². The van der Waals surface area contributed by atoms with E-state index in [2.05, 4.69) is 4.98 Å². The van der Waals surface area contributed by atoms with Crippen molar-refractivity contribution in [2.24, 2.45) is 0 Å². The van der Waals surface area contributed by atoms with Crippen molar-refractivity contribution >= 4 is 16.8 Å². The van der Waals surface area contributed by atoms with Gasteiger partial charge in [0.15, 0.2) is 0 Å². The fraction of sp³-hybridized carbons (Fsp3) is 0.250. The number of nitrogens with one attached hydrogen (secondary N) is 1. The van der Waals surface area contributed by atoms with E-state index in [0.717, 1.165) is 10.9 Å². The van der Waals surface area contributed by atoms with Gasteiger partial charge in [-0.05, 0) is 12.1 Å². The first-order valence-electron chi connectivity index (χ1n) is 5.44. The number of nitrogens with zero attached hydrogens (tertiary/aromatic N) is 1. The Balaban J connectivity index is 1.98. The number of para-hydroxylation sites is 1. The summed E-state index contributed by atoms with van der Waals surface area (Å²) in [5.74, 6) is -0.227. The first kappa shape index (κ1) is 10.3. The number of aliphatic hydroxyl groups excluding tert-OH is 1. The van der Waals surface area contributed by atoms with Gasteiger partial charge in [0.1, 0.15) is 12.7 Å². The molecule has 17 heavy (non-hydrogen) atoms. The molecular weight excluding hydrogens is 220 g/mol. The van der Waals surface area contributed by atoms with E-state index in [1.54, 1.807) is 12.3 Å². The molecule has 0 bridgehead atoms. The molecule has 1 aromatic carbocycles. The van der Waals surface area contributed by atoms with Crippen LogP contribution in [0.5, 0.6) is 0 Å². The fourth-order valence-electron chi connectivity index (χ4n) is 2.01. The lowest BCUT2D eigenvalue weighted by molar-refractivity contribution is -0.0778. The number of aromatic nitrogens is 1. The molecule has 5 heteroatoms. The number of carbonyl (C=O) groups excluding carboxylic acids is 1. The Kier molecular flexibility index (Phi) is 2.35. The smallest absolute Gasteiger partial charge is 0.279 e. The van der Waals surface area contributed by atoms with Gasteiger partial charge in [0.05, 0.1) is 17.6 Å². The van der Waals surface area contributed by atoms with Crippen LogP contribution >= 0.6 is 0 Å². The minimum atomic E-state index is -0.596. The van der Waals surface area contributed by atoms with Crippen LogP contribution in [0.2, 0.25) is 0 Å². The Morgan fingerprint density at radius 1 is 1.47 bits per heavy atom. The topological polar surface area (TPSA) is 65.6 Å². The number of fused-ring (bicyclic) bond motifs is 1. The molecule has 1 aliphatic rings. The highest BCUT2D eigenvalue weighted by Crippen LogP contribution is 2.20. The van der Waals surface area contributed by atoms with Gasteiger partial charge < -0.3 is 10.1 Å². The molecule has 2 N–H and O–H groups in total. The summed E-state index contributed by atoms with van der Waals surface area (Å²) >= 11 is 0. The highest BCUT2D eigenvalue weighted by atomic mass is 16.7. The van der Waals surface area contributed by atoms with Gasteiger partial charge in [0.2, 0.25) is 0 Å². The molecular formula is C12H12N2O3. The Bertz CT molecular complexity index is 564. The average molecular weight is 232 g/mol. The summed E-state index contributed by atoms with van der Waals surface area (Å²) in [6.45, 7) is 0.391. The van der Waals surface area contributed by atoms with Gasteiger partial charge in [-0.15, -0.1) is 0 Å². The van der Waals surface area contributed by atoms with Crippen LogP contribution in [0.1, 0.15) is 10.4 Å². The average Bonchev–Trinajstić information content (AvgIpc) is 2.95. The second-order valence-electron chi connectivity index (χ2n) is 4.06. The third kappa shape index (κ3) is 1.69. The number of hydrogen-bond acceptors (Lipinski definition) is 3. The van der Waals surface area contributed by atoms with Crippen LogP contribution in [0.15, 0.2) is 30.5 Å². The van der Waals surface area contributed by atoms with Crippen LogP contribution in [0.25, 0.3) is 10.9 Å². The largest absolute Gasteiger partial charge is 0.389 e. The van der Waals surface area contributed by atoms with Crippen molar-refractivity contribution in [3.63, 3.8) is 0 Å². The second kappa shape index (κ2) is 3.87. The molecule has 1 aliphatic heterocycles. The lowest BCUT2D eigenvalue weighted by Gasteiger charge is -2.14. The lowest BCUT2D eigenvalue weighted by atomic mass is 10.1. The monoisotopic (exact) mass is 232 g/mol. The van der Waals surface area contributed by atoms with Crippen molar-refractivity contribution in [3.05, 3.63) is 36.0 Å². The minimum Gasteiger partial charge on any atom is -0.389 e. The summed E-state index contributed by atoms with van der Waals surface area (Å²) in [6, 6.07) is 7.42. The van der Waals surface area contributed by atoms with E-state index < -0.39 is 6.10 Å². The minimum absolute atomic E-state index is 0.173. The number of hydrogen-bond donors (Lipinski definition) is 2. The first-order chi connectivity index (χ1) is 8.25. The van der Waals surface area contributed by atoms with Crippen molar-refractivity contribution in [1.29, 1.82) is 0 Å². The maximum absolute atomic E-state index is 12.2. The van der Waals surface area contributed by atoms with Crippen molar-refractivity contribution in [3.8, 4) is 0 Å². The number of amides is 1. The summed E-state index contributed by atoms with van der Waals surface area (Å²) in [5.41, 5.74) is 1.35. The third-order valence-corrected chi connectivity index (χ3v) is 2.84. The lowest BCUT2D eigenvalue weighted by Crippen LogP contribution is -2.28. The molecule has 0 radical (unpaired) electrons. The second-order valence-corrected chi connectivity index (χ2v) is 4.06. The van der Waals surface area contributed by atoms with E-state index in [1.807, 2.05) is 18.2 Å². The van der Waals surface area contributed by atoms with Gasteiger partial charge in [-0.25, -0.2) is 5.06 Å². The molecule has 1 fully saturated rings. The summed E-state index contributed by atoms with van der Waals surface area (Å²) < 4.78 is 0. The molecule has 88 valence electrons. The number of β-amino-alcohol motifs (C(OH)–C–C–N with tert-alkyl or cyclic N) is 1. The van der Waals surface area contributed by atoms with Gasteiger partial charge in [0, 0.05) is 11.6 Å². The molecule has 2 heterocycles.